The average Bonchev–Trinajstić information content (AvgIpc) is 3.21. The molecule has 2 aromatic heterocycles. The second-order valence-corrected chi connectivity index (χ2v) is 9.46. The van der Waals surface area contributed by atoms with Crippen molar-refractivity contribution in [1.82, 2.24) is 25.2 Å². The van der Waals surface area contributed by atoms with Crippen molar-refractivity contribution in [3.8, 4) is 11.4 Å². The molecule has 1 N–H and O–H groups in total. The van der Waals surface area contributed by atoms with Crippen molar-refractivity contribution in [2.45, 2.75) is 25.8 Å². The minimum Gasteiger partial charge on any atom is -0.381 e. The molecule has 0 radical (unpaired) electrons. The first-order chi connectivity index (χ1) is 16.0. The molecule has 1 aliphatic heterocycles. The van der Waals surface area contributed by atoms with E-state index in [-0.39, 0.29) is 11.9 Å². The van der Waals surface area contributed by atoms with Crippen molar-refractivity contribution < 1.29 is 13.9 Å². The van der Waals surface area contributed by atoms with Crippen LogP contribution in [0.1, 0.15) is 39.1 Å². The second-order valence-electron chi connectivity index (χ2n) is 7.78. The van der Waals surface area contributed by atoms with E-state index in [1.165, 1.54) is 0 Å². The number of hydrogen-bond donors (Lipinski definition) is 1. The topological polar surface area (TPSA) is 80.2 Å². The minimum atomic E-state index is -0.522. The molecule has 1 aromatic carbocycles. The third-order valence-electron chi connectivity index (χ3n) is 5.42. The zero-order chi connectivity index (χ0) is 23.2. The molecule has 1 aliphatic rings. The van der Waals surface area contributed by atoms with Crippen LogP contribution in [0.15, 0.2) is 36.8 Å². The van der Waals surface area contributed by atoms with Gasteiger partial charge in [-0.25, -0.2) is 19.3 Å². The quantitative estimate of drug-likeness (QED) is 0.556. The first-order valence-corrected chi connectivity index (χ1v) is 12.0. The summed E-state index contributed by atoms with van der Waals surface area (Å²) in [5.41, 5.74) is 0.908. The molecule has 1 fully saturated rings. The molecule has 0 spiro atoms. The van der Waals surface area contributed by atoms with Gasteiger partial charge in [0.25, 0.3) is 5.91 Å². The van der Waals surface area contributed by atoms with Gasteiger partial charge in [-0.15, -0.1) is 11.3 Å². The van der Waals surface area contributed by atoms with Gasteiger partial charge in [-0.1, -0.05) is 11.6 Å². The largest absolute Gasteiger partial charge is 0.381 e. The molecular weight excluding hydrogens is 465 g/mol. The fourth-order valence-corrected chi connectivity index (χ4v) is 4.91. The number of ether oxygens (including phenoxy) is 1. The zero-order valence-electron chi connectivity index (χ0n) is 18.3. The van der Waals surface area contributed by atoms with Gasteiger partial charge < -0.3 is 10.1 Å². The monoisotopic (exact) mass is 489 g/mol. The number of aromatic nitrogens is 3. The lowest BCUT2D eigenvalue weighted by molar-refractivity contribution is 0.0712. The number of halogens is 2. The molecular formula is C23H25ClFN5O2S. The molecule has 3 heterocycles. The molecule has 0 saturated carbocycles. The van der Waals surface area contributed by atoms with Gasteiger partial charge in [0.15, 0.2) is 11.6 Å². The van der Waals surface area contributed by atoms with Gasteiger partial charge in [-0.3, -0.25) is 9.69 Å². The van der Waals surface area contributed by atoms with E-state index in [1.807, 2.05) is 13.1 Å². The van der Waals surface area contributed by atoms with E-state index in [0.717, 1.165) is 61.4 Å². The first-order valence-electron chi connectivity index (χ1n) is 10.8. The van der Waals surface area contributed by atoms with E-state index in [2.05, 4.69) is 25.2 Å². The van der Waals surface area contributed by atoms with E-state index in [1.54, 1.807) is 29.5 Å². The predicted molar refractivity (Wildman–Crippen MR) is 126 cm³/mol. The van der Waals surface area contributed by atoms with Gasteiger partial charge in [0.2, 0.25) is 0 Å². The van der Waals surface area contributed by atoms with Gasteiger partial charge in [0.1, 0.15) is 0 Å². The number of thiazole rings is 1. The third-order valence-corrected chi connectivity index (χ3v) is 6.77. The number of rotatable bonds is 6. The molecule has 4 rings (SSSR count). The number of benzene rings is 1. The lowest BCUT2D eigenvalue weighted by Crippen LogP contribution is -2.40. The molecule has 1 amide bonds. The van der Waals surface area contributed by atoms with Crippen LogP contribution in [0.2, 0.25) is 5.02 Å². The van der Waals surface area contributed by atoms with Crippen molar-refractivity contribution in [3.05, 3.63) is 63.1 Å². The van der Waals surface area contributed by atoms with Gasteiger partial charge in [0, 0.05) is 49.5 Å². The summed E-state index contributed by atoms with van der Waals surface area (Å²) in [7, 11) is 0. The van der Waals surface area contributed by atoms with E-state index in [0.29, 0.717) is 28.5 Å². The highest BCUT2D eigenvalue weighted by Gasteiger charge is 2.24. The van der Waals surface area contributed by atoms with Crippen LogP contribution < -0.4 is 5.32 Å². The third kappa shape index (κ3) is 6.11. The zero-order valence-corrected chi connectivity index (χ0v) is 19.8. The van der Waals surface area contributed by atoms with Gasteiger partial charge in [0.05, 0.1) is 34.0 Å². The summed E-state index contributed by atoms with van der Waals surface area (Å²) in [6.07, 6.45) is 5.95. The van der Waals surface area contributed by atoms with Crippen LogP contribution in [-0.4, -0.2) is 58.6 Å². The van der Waals surface area contributed by atoms with Crippen LogP contribution in [0.3, 0.4) is 0 Å². The Bertz CT molecular complexity index is 1090. The summed E-state index contributed by atoms with van der Waals surface area (Å²) in [6, 6.07) is 4.98. The Morgan fingerprint density at radius 2 is 1.94 bits per heavy atom. The number of carbonyl (C=O) groups is 1. The first kappa shape index (κ1) is 23.7. The smallest absolute Gasteiger partial charge is 0.252 e. The van der Waals surface area contributed by atoms with E-state index < -0.39 is 5.82 Å². The summed E-state index contributed by atoms with van der Waals surface area (Å²) >= 11 is 7.98. The summed E-state index contributed by atoms with van der Waals surface area (Å²) in [5.74, 6) is -0.487. The molecule has 3 aromatic rings. The molecule has 1 atom stereocenters. The van der Waals surface area contributed by atoms with E-state index in [4.69, 9.17) is 16.3 Å². The number of carbonyl (C=O) groups excluding carboxylic acids is 1. The molecule has 0 aliphatic carbocycles. The highest BCUT2D eigenvalue weighted by molar-refractivity contribution is 7.11. The fraction of sp³-hybridized carbons (Fsp3) is 0.391. The molecule has 7 nitrogen and oxygen atoms in total. The van der Waals surface area contributed by atoms with Gasteiger partial charge >= 0.3 is 0 Å². The van der Waals surface area contributed by atoms with Gasteiger partial charge in [-0.2, -0.15) is 0 Å². The number of nitrogens with zero attached hydrogens (tertiary/aromatic N) is 4. The molecule has 0 bridgehead atoms. The molecule has 1 unspecified atom stereocenters. The van der Waals surface area contributed by atoms with Crippen LogP contribution in [0.5, 0.6) is 0 Å². The van der Waals surface area contributed by atoms with Gasteiger partial charge in [-0.05, 0) is 38.0 Å². The Labute approximate surface area is 201 Å². The van der Waals surface area contributed by atoms with Crippen molar-refractivity contribution in [2.24, 2.45) is 0 Å². The lowest BCUT2D eigenvalue weighted by atomic mass is 10.1. The Morgan fingerprint density at radius 3 is 2.61 bits per heavy atom. The molecule has 174 valence electrons. The molecule has 33 heavy (non-hydrogen) atoms. The molecule has 1 saturated heterocycles. The van der Waals surface area contributed by atoms with E-state index in [9.17, 15) is 9.18 Å². The maximum absolute atomic E-state index is 13.2. The summed E-state index contributed by atoms with van der Waals surface area (Å²) < 4.78 is 18.8. The highest BCUT2D eigenvalue weighted by Crippen LogP contribution is 2.28. The van der Waals surface area contributed by atoms with Crippen LogP contribution in [0.4, 0.5) is 4.39 Å². The summed E-state index contributed by atoms with van der Waals surface area (Å²) in [5, 5.41) is 4.37. The maximum atomic E-state index is 13.2. The number of amides is 1. The number of nitrogens with one attached hydrogen (secondary N) is 1. The summed E-state index contributed by atoms with van der Waals surface area (Å²) in [4.78, 5) is 29.0. The predicted octanol–water partition coefficient (Wildman–Crippen LogP) is 4.28. The van der Waals surface area contributed by atoms with Crippen molar-refractivity contribution in [3.63, 3.8) is 0 Å². The van der Waals surface area contributed by atoms with Crippen LogP contribution >= 0.6 is 22.9 Å². The van der Waals surface area contributed by atoms with Crippen molar-refractivity contribution >= 4 is 28.8 Å². The Kier molecular flexibility index (Phi) is 7.97. The highest BCUT2D eigenvalue weighted by atomic mass is 35.5. The molecule has 10 heteroatoms. The number of aryl methyl sites for hydroxylation is 1. The van der Waals surface area contributed by atoms with Crippen LogP contribution in [0, 0.1) is 12.7 Å². The van der Waals surface area contributed by atoms with Crippen molar-refractivity contribution in [2.75, 3.05) is 32.8 Å². The standard InChI is InChI=1S/C23H25ClFN5O2S/c1-15-26-14-21(33-15)20(30-6-2-8-32-9-3-7-30)13-29-23(31)18-10-16(4-5-19(18)24)22-27-11-17(25)12-28-22/h4-5,10-12,14,20H,2-3,6-9,13H2,1H3,(H,29,31). The second kappa shape index (κ2) is 11.1. The minimum absolute atomic E-state index is 0.0145. The maximum Gasteiger partial charge on any atom is 0.252 e. The van der Waals surface area contributed by atoms with Crippen molar-refractivity contribution in [1.29, 1.82) is 0 Å². The van der Waals surface area contributed by atoms with Crippen LogP contribution in [-0.2, 0) is 4.74 Å². The number of hydrogen-bond acceptors (Lipinski definition) is 7. The fourth-order valence-electron chi connectivity index (χ4n) is 3.79. The lowest BCUT2D eigenvalue weighted by Gasteiger charge is -2.32. The van der Waals surface area contributed by atoms with Crippen LogP contribution in [0.25, 0.3) is 11.4 Å². The Balaban J connectivity index is 1.52. The average molecular weight is 490 g/mol. The summed E-state index contributed by atoms with van der Waals surface area (Å²) in [6.45, 7) is 5.66. The normalized spacial score (nSPS) is 16.1. The Morgan fingerprint density at radius 1 is 1.21 bits per heavy atom. The SMILES string of the molecule is Cc1ncc(C(CNC(=O)c2cc(-c3ncc(F)cn3)ccc2Cl)N2CCCOCCC2)s1. The van der Waals surface area contributed by atoms with E-state index >= 15 is 0 Å². The Hall–Kier alpha value is -2.46.